The number of thiazole rings is 1. The van der Waals surface area contributed by atoms with E-state index >= 15 is 0 Å². The van der Waals surface area contributed by atoms with Gasteiger partial charge in [-0.15, -0.1) is 11.3 Å². The Bertz CT molecular complexity index is 722. The molecule has 0 radical (unpaired) electrons. The predicted molar refractivity (Wildman–Crippen MR) is 81.0 cm³/mol. The van der Waals surface area contributed by atoms with Crippen molar-refractivity contribution in [3.05, 3.63) is 40.1 Å². The van der Waals surface area contributed by atoms with Crippen LogP contribution in [0, 0.1) is 6.92 Å². The van der Waals surface area contributed by atoms with E-state index in [9.17, 15) is 8.42 Å². The standard InChI is InChI=1S/C11H12N4O2S3/c1-7-13-4-8(19-7)5-15-20(16,17)9-2-3-10(11(12)18)14-6-9/h2-4,6,15H,5H2,1H3,(H2,12,18). The van der Waals surface area contributed by atoms with E-state index in [2.05, 4.69) is 14.7 Å². The average molecular weight is 328 g/mol. The molecule has 0 saturated carbocycles. The van der Waals surface area contributed by atoms with Crippen LogP contribution in [0.5, 0.6) is 0 Å². The minimum Gasteiger partial charge on any atom is -0.388 e. The Morgan fingerprint density at radius 3 is 2.65 bits per heavy atom. The number of nitrogens with two attached hydrogens (primary N) is 1. The third-order valence-electron chi connectivity index (χ3n) is 2.40. The van der Waals surface area contributed by atoms with E-state index in [-0.39, 0.29) is 16.4 Å². The molecule has 0 aromatic carbocycles. The highest BCUT2D eigenvalue weighted by Crippen LogP contribution is 2.13. The summed E-state index contributed by atoms with van der Waals surface area (Å²) in [6.45, 7) is 2.06. The van der Waals surface area contributed by atoms with Gasteiger partial charge in [-0.3, -0.25) is 4.98 Å². The van der Waals surface area contributed by atoms with Gasteiger partial charge in [0.05, 0.1) is 10.7 Å². The molecule has 0 fully saturated rings. The molecule has 0 aliphatic carbocycles. The van der Waals surface area contributed by atoms with Crippen LogP contribution in [0.3, 0.4) is 0 Å². The molecule has 0 saturated heterocycles. The summed E-state index contributed by atoms with van der Waals surface area (Å²) >= 11 is 6.20. The van der Waals surface area contributed by atoms with Gasteiger partial charge >= 0.3 is 0 Å². The zero-order valence-corrected chi connectivity index (χ0v) is 13.0. The number of hydrogen-bond donors (Lipinski definition) is 2. The van der Waals surface area contributed by atoms with Gasteiger partial charge in [-0.05, 0) is 19.1 Å². The Kier molecular flexibility index (Phi) is 4.43. The summed E-state index contributed by atoms with van der Waals surface area (Å²) < 4.78 is 26.6. The van der Waals surface area contributed by atoms with Gasteiger partial charge in [-0.25, -0.2) is 18.1 Å². The maximum Gasteiger partial charge on any atom is 0.242 e. The summed E-state index contributed by atoms with van der Waals surface area (Å²) in [5, 5.41) is 0.890. The van der Waals surface area contributed by atoms with Crippen molar-refractivity contribution in [3.8, 4) is 0 Å². The van der Waals surface area contributed by atoms with Crippen molar-refractivity contribution >= 4 is 38.6 Å². The molecule has 0 atom stereocenters. The second-order valence-corrected chi connectivity index (χ2v) is 7.44. The summed E-state index contributed by atoms with van der Waals surface area (Å²) in [5.74, 6) is 0. The molecule has 9 heteroatoms. The Morgan fingerprint density at radius 2 is 2.15 bits per heavy atom. The van der Waals surface area contributed by atoms with Gasteiger partial charge in [0.1, 0.15) is 9.88 Å². The first-order valence-corrected chi connectivity index (χ1v) is 8.26. The van der Waals surface area contributed by atoms with Gasteiger partial charge in [0.15, 0.2) is 0 Å². The molecule has 2 rings (SSSR count). The van der Waals surface area contributed by atoms with E-state index in [1.807, 2.05) is 6.92 Å². The molecular weight excluding hydrogens is 316 g/mol. The predicted octanol–water partition coefficient (Wildman–Crippen LogP) is 0.959. The van der Waals surface area contributed by atoms with E-state index < -0.39 is 10.0 Å². The van der Waals surface area contributed by atoms with Crippen molar-refractivity contribution in [2.24, 2.45) is 5.73 Å². The fourth-order valence-electron chi connectivity index (χ4n) is 1.42. The third-order valence-corrected chi connectivity index (χ3v) is 4.91. The van der Waals surface area contributed by atoms with Crippen molar-refractivity contribution in [2.75, 3.05) is 0 Å². The van der Waals surface area contributed by atoms with Crippen LogP contribution in [0.25, 0.3) is 0 Å². The second-order valence-electron chi connectivity index (χ2n) is 3.91. The molecular formula is C11H12N4O2S3. The minimum absolute atomic E-state index is 0.0683. The van der Waals surface area contributed by atoms with Crippen LogP contribution in [-0.4, -0.2) is 23.4 Å². The molecule has 106 valence electrons. The van der Waals surface area contributed by atoms with Gasteiger partial charge < -0.3 is 5.73 Å². The zero-order chi connectivity index (χ0) is 14.8. The molecule has 0 spiro atoms. The highest BCUT2D eigenvalue weighted by molar-refractivity contribution is 7.89. The zero-order valence-electron chi connectivity index (χ0n) is 10.5. The molecule has 0 unspecified atom stereocenters. The minimum atomic E-state index is -3.61. The van der Waals surface area contributed by atoms with E-state index in [0.717, 1.165) is 9.88 Å². The molecule has 0 amide bonds. The van der Waals surface area contributed by atoms with Gasteiger partial charge in [0.2, 0.25) is 10.0 Å². The number of nitrogens with zero attached hydrogens (tertiary/aromatic N) is 2. The number of sulfonamides is 1. The van der Waals surface area contributed by atoms with Crippen LogP contribution >= 0.6 is 23.6 Å². The first kappa shape index (κ1) is 15.0. The fraction of sp³-hybridized carbons (Fsp3) is 0.182. The van der Waals surface area contributed by atoms with Gasteiger partial charge in [0, 0.05) is 23.8 Å². The number of pyridine rings is 1. The average Bonchev–Trinajstić information content (AvgIpc) is 2.82. The van der Waals surface area contributed by atoms with Crippen molar-refractivity contribution in [3.63, 3.8) is 0 Å². The summed E-state index contributed by atoms with van der Waals surface area (Å²) in [4.78, 5) is 9.01. The van der Waals surface area contributed by atoms with Crippen LogP contribution in [0.1, 0.15) is 15.6 Å². The molecule has 0 aliphatic rings. The van der Waals surface area contributed by atoms with Crippen LogP contribution in [0.2, 0.25) is 0 Å². The number of thiocarbonyl (C=S) groups is 1. The molecule has 0 aliphatic heterocycles. The molecule has 2 aromatic heterocycles. The maximum atomic E-state index is 12.1. The van der Waals surface area contributed by atoms with Gasteiger partial charge in [0.25, 0.3) is 0 Å². The van der Waals surface area contributed by atoms with Gasteiger partial charge in [-0.2, -0.15) is 0 Å². The lowest BCUT2D eigenvalue weighted by Crippen LogP contribution is -2.23. The fourth-order valence-corrected chi connectivity index (χ4v) is 3.32. The highest BCUT2D eigenvalue weighted by atomic mass is 32.2. The summed E-state index contributed by atoms with van der Waals surface area (Å²) in [6, 6.07) is 2.90. The number of hydrogen-bond acceptors (Lipinski definition) is 6. The Labute approximate surface area is 126 Å². The van der Waals surface area contributed by atoms with E-state index in [0.29, 0.717) is 5.69 Å². The summed E-state index contributed by atoms with van der Waals surface area (Å²) in [5.41, 5.74) is 5.79. The normalized spacial score (nSPS) is 11.4. The summed E-state index contributed by atoms with van der Waals surface area (Å²) in [6.07, 6.45) is 2.88. The Hall–Kier alpha value is -1.42. The summed E-state index contributed by atoms with van der Waals surface area (Å²) in [7, 11) is -3.61. The molecule has 3 N–H and O–H groups in total. The van der Waals surface area contributed by atoms with Crippen molar-refractivity contribution in [1.29, 1.82) is 0 Å². The number of aromatic nitrogens is 2. The first-order valence-electron chi connectivity index (χ1n) is 5.55. The lowest BCUT2D eigenvalue weighted by molar-refractivity contribution is 0.581. The van der Waals surface area contributed by atoms with Crippen molar-refractivity contribution < 1.29 is 8.42 Å². The monoisotopic (exact) mass is 328 g/mol. The Morgan fingerprint density at radius 1 is 1.40 bits per heavy atom. The largest absolute Gasteiger partial charge is 0.388 e. The molecule has 0 bridgehead atoms. The smallest absolute Gasteiger partial charge is 0.242 e. The maximum absolute atomic E-state index is 12.1. The molecule has 20 heavy (non-hydrogen) atoms. The number of rotatable bonds is 5. The van der Waals surface area contributed by atoms with Crippen molar-refractivity contribution in [1.82, 2.24) is 14.7 Å². The Balaban J connectivity index is 2.11. The topological polar surface area (TPSA) is 98.0 Å². The first-order chi connectivity index (χ1) is 9.38. The number of aryl methyl sites for hydroxylation is 1. The second kappa shape index (κ2) is 5.92. The van der Waals surface area contributed by atoms with Crippen molar-refractivity contribution in [2.45, 2.75) is 18.4 Å². The SMILES string of the molecule is Cc1ncc(CNS(=O)(=O)c2ccc(C(N)=S)nc2)s1. The van der Waals surface area contributed by atoms with Gasteiger partial charge in [-0.1, -0.05) is 12.2 Å². The molecule has 6 nitrogen and oxygen atoms in total. The van der Waals surface area contributed by atoms with Crippen LogP contribution < -0.4 is 10.5 Å². The van der Waals surface area contributed by atoms with Crippen LogP contribution in [-0.2, 0) is 16.6 Å². The third kappa shape index (κ3) is 3.57. The van der Waals surface area contributed by atoms with E-state index in [1.54, 1.807) is 6.20 Å². The molecule has 2 aromatic rings. The highest BCUT2D eigenvalue weighted by Gasteiger charge is 2.15. The molecule has 2 heterocycles. The number of nitrogens with one attached hydrogen (secondary N) is 1. The van der Waals surface area contributed by atoms with Crippen LogP contribution in [0.4, 0.5) is 0 Å². The van der Waals surface area contributed by atoms with Crippen LogP contribution in [0.15, 0.2) is 29.4 Å². The van der Waals surface area contributed by atoms with E-state index in [1.165, 1.54) is 29.7 Å². The van der Waals surface area contributed by atoms with E-state index in [4.69, 9.17) is 18.0 Å². The lowest BCUT2D eigenvalue weighted by atomic mass is 10.3. The lowest BCUT2D eigenvalue weighted by Gasteiger charge is -2.05. The quantitative estimate of drug-likeness (QED) is 0.793.